The van der Waals surface area contributed by atoms with E-state index >= 15 is 0 Å². The first-order chi connectivity index (χ1) is 13.7. The molecule has 2 heterocycles. The van der Waals surface area contributed by atoms with Crippen LogP contribution in [0.5, 0.6) is 0 Å². The van der Waals surface area contributed by atoms with E-state index in [2.05, 4.69) is 27.9 Å². The number of halogens is 1. The highest BCUT2D eigenvalue weighted by molar-refractivity contribution is 8.00. The minimum absolute atomic E-state index is 0.111. The standard InChI is InChI=1S/C20H20ClN5OS/c1-2-7-16-23-24-20-26(16)25-17(13-8-4-3-5-9-13)18(28-20)19(27)22-15-11-6-10-14(21)12-15/h3-6,8-12,17-18,25H,2,7H2,1H3,(H,22,27)/t17-,18-/m1/s1. The molecule has 0 fully saturated rings. The Morgan fingerprint density at radius 3 is 2.79 bits per heavy atom. The molecule has 0 radical (unpaired) electrons. The summed E-state index contributed by atoms with van der Waals surface area (Å²) in [5, 5.41) is 12.4. The molecule has 1 aromatic heterocycles. The van der Waals surface area contributed by atoms with E-state index in [1.165, 1.54) is 11.8 Å². The molecule has 0 aliphatic carbocycles. The highest BCUT2D eigenvalue weighted by Gasteiger charge is 2.37. The van der Waals surface area contributed by atoms with Crippen LogP contribution < -0.4 is 10.7 Å². The fourth-order valence-electron chi connectivity index (χ4n) is 3.17. The smallest absolute Gasteiger partial charge is 0.240 e. The van der Waals surface area contributed by atoms with Gasteiger partial charge in [0.15, 0.2) is 5.82 Å². The van der Waals surface area contributed by atoms with E-state index in [0.717, 1.165) is 24.2 Å². The molecule has 144 valence electrons. The van der Waals surface area contributed by atoms with Gasteiger partial charge in [0.2, 0.25) is 11.1 Å². The third-order valence-electron chi connectivity index (χ3n) is 4.49. The van der Waals surface area contributed by atoms with Crippen molar-refractivity contribution in [2.75, 3.05) is 10.7 Å². The van der Waals surface area contributed by atoms with Gasteiger partial charge in [0.25, 0.3) is 0 Å². The van der Waals surface area contributed by atoms with Gasteiger partial charge in [-0.25, -0.2) is 4.68 Å². The largest absolute Gasteiger partial charge is 0.325 e. The van der Waals surface area contributed by atoms with Crippen LogP contribution in [0.1, 0.15) is 30.8 Å². The van der Waals surface area contributed by atoms with Gasteiger partial charge in [-0.1, -0.05) is 66.7 Å². The number of hydrogen-bond acceptors (Lipinski definition) is 5. The van der Waals surface area contributed by atoms with Crippen molar-refractivity contribution in [3.05, 3.63) is 71.0 Å². The predicted molar refractivity (Wildman–Crippen MR) is 112 cm³/mol. The minimum atomic E-state index is -0.410. The van der Waals surface area contributed by atoms with Gasteiger partial charge < -0.3 is 10.7 Å². The number of anilines is 1. The number of amides is 1. The first kappa shape index (κ1) is 18.8. The molecule has 8 heteroatoms. The normalized spacial score (nSPS) is 18.2. The Kier molecular flexibility index (Phi) is 5.54. The molecule has 0 bridgehead atoms. The summed E-state index contributed by atoms with van der Waals surface area (Å²) in [5.41, 5.74) is 5.16. The van der Waals surface area contributed by atoms with Crippen molar-refractivity contribution in [2.45, 2.75) is 36.2 Å². The van der Waals surface area contributed by atoms with E-state index in [9.17, 15) is 4.79 Å². The van der Waals surface area contributed by atoms with Crippen LogP contribution in [0.2, 0.25) is 5.02 Å². The second-order valence-electron chi connectivity index (χ2n) is 6.54. The second-order valence-corrected chi connectivity index (χ2v) is 8.08. The van der Waals surface area contributed by atoms with Crippen molar-refractivity contribution in [3.8, 4) is 0 Å². The lowest BCUT2D eigenvalue weighted by Gasteiger charge is -2.33. The lowest BCUT2D eigenvalue weighted by Crippen LogP contribution is -2.41. The first-order valence-corrected chi connectivity index (χ1v) is 10.4. The van der Waals surface area contributed by atoms with Crippen LogP contribution in [-0.2, 0) is 11.2 Å². The van der Waals surface area contributed by atoms with Crippen molar-refractivity contribution in [3.63, 3.8) is 0 Å². The topological polar surface area (TPSA) is 71.8 Å². The molecule has 6 nitrogen and oxygen atoms in total. The second kappa shape index (κ2) is 8.24. The Bertz CT molecular complexity index is 978. The molecule has 2 aromatic carbocycles. The van der Waals surface area contributed by atoms with Gasteiger partial charge in [0, 0.05) is 17.1 Å². The maximum absolute atomic E-state index is 13.1. The van der Waals surface area contributed by atoms with E-state index in [1.807, 2.05) is 47.1 Å². The zero-order valence-corrected chi connectivity index (χ0v) is 16.9. The SMILES string of the molecule is CCCc1nnc2n1N[C@H](c1ccccc1)[C@H](C(=O)Nc1cccc(Cl)c1)S2. The Hall–Kier alpha value is -2.51. The summed E-state index contributed by atoms with van der Waals surface area (Å²) in [4.78, 5) is 13.1. The number of aromatic nitrogens is 3. The zero-order valence-electron chi connectivity index (χ0n) is 15.3. The summed E-state index contributed by atoms with van der Waals surface area (Å²) in [6.45, 7) is 2.10. The van der Waals surface area contributed by atoms with Gasteiger partial charge >= 0.3 is 0 Å². The predicted octanol–water partition coefficient (Wildman–Crippen LogP) is 4.28. The molecule has 1 aliphatic heterocycles. The van der Waals surface area contributed by atoms with Gasteiger partial charge in [0.1, 0.15) is 5.25 Å². The number of carbonyl (C=O) groups excluding carboxylic acids is 1. The van der Waals surface area contributed by atoms with E-state index in [0.29, 0.717) is 15.9 Å². The number of carbonyl (C=O) groups is 1. The molecule has 4 rings (SSSR count). The van der Waals surface area contributed by atoms with Crippen molar-refractivity contribution in [2.24, 2.45) is 0 Å². The minimum Gasteiger partial charge on any atom is -0.325 e. The summed E-state index contributed by atoms with van der Waals surface area (Å²) >= 11 is 7.47. The van der Waals surface area contributed by atoms with Gasteiger partial charge in [-0.3, -0.25) is 4.79 Å². The number of thioether (sulfide) groups is 1. The third-order valence-corrected chi connectivity index (χ3v) is 5.94. The number of rotatable bonds is 5. The Morgan fingerprint density at radius 1 is 1.21 bits per heavy atom. The van der Waals surface area contributed by atoms with Crippen LogP contribution in [0, 0.1) is 0 Å². The van der Waals surface area contributed by atoms with Crippen LogP contribution in [0.25, 0.3) is 0 Å². The average molecular weight is 414 g/mol. The Morgan fingerprint density at radius 2 is 2.04 bits per heavy atom. The lowest BCUT2D eigenvalue weighted by molar-refractivity contribution is -0.116. The highest BCUT2D eigenvalue weighted by Crippen LogP contribution is 2.37. The summed E-state index contributed by atoms with van der Waals surface area (Å²) < 4.78 is 1.91. The summed E-state index contributed by atoms with van der Waals surface area (Å²) in [5.74, 6) is 0.763. The molecule has 1 aliphatic rings. The van der Waals surface area contributed by atoms with Crippen LogP contribution in [0.15, 0.2) is 59.8 Å². The number of hydrogen-bond donors (Lipinski definition) is 2. The molecule has 0 spiro atoms. The molecule has 2 N–H and O–H groups in total. The van der Waals surface area contributed by atoms with Crippen molar-refractivity contribution >= 4 is 35.0 Å². The molecule has 1 amide bonds. The molecule has 3 aromatic rings. The van der Waals surface area contributed by atoms with Gasteiger partial charge in [0.05, 0.1) is 6.04 Å². The van der Waals surface area contributed by atoms with Crippen LogP contribution in [0.4, 0.5) is 5.69 Å². The number of benzene rings is 2. The van der Waals surface area contributed by atoms with Crippen LogP contribution in [0.3, 0.4) is 0 Å². The van der Waals surface area contributed by atoms with Gasteiger partial charge in [-0.05, 0) is 30.2 Å². The maximum atomic E-state index is 13.1. The van der Waals surface area contributed by atoms with Crippen molar-refractivity contribution < 1.29 is 4.79 Å². The summed E-state index contributed by atoms with van der Waals surface area (Å²) in [6.07, 6.45) is 1.79. The van der Waals surface area contributed by atoms with Gasteiger partial charge in [-0.2, -0.15) is 0 Å². The number of nitrogens with one attached hydrogen (secondary N) is 2. The fourth-order valence-corrected chi connectivity index (χ4v) is 4.46. The number of fused-ring (bicyclic) bond motifs is 1. The highest BCUT2D eigenvalue weighted by atomic mass is 35.5. The van der Waals surface area contributed by atoms with Gasteiger partial charge in [-0.15, -0.1) is 10.2 Å². The Labute approximate surface area is 172 Å². The van der Waals surface area contributed by atoms with E-state index in [-0.39, 0.29) is 11.9 Å². The number of aryl methyl sites for hydroxylation is 1. The van der Waals surface area contributed by atoms with E-state index in [4.69, 9.17) is 11.6 Å². The van der Waals surface area contributed by atoms with Crippen LogP contribution >= 0.6 is 23.4 Å². The summed E-state index contributed by atoms with van der Waals surface area (Å²) in [7, 11) is 0. The molecule has 2 atom stereocenters. The van der Waals surface area contributed by atoms with E-state index in [1.54, 1.807) is 12.1 Å². The fraction of sp³-hybridized carbons (Fsp3) is 0.250. The molecule has 0 unspecified atom stereocenters. The molecule has 28 heavy (non-hydrogen) atoms. The molecular weight excluding hydrogens is 394 g/mol. The zero-order chi connectivity index (χ0) is 19.5. The maximum Gasteiger partial charge on any atom is 0.240 e. The van der Waals surface area contributed by atoms with Crippen molar-refractivity contribution in [1.82, 2.24) is 14.9 Å². The molecule has 0 saturated heterocycles. The number of nitrogens with zero attached hydrogens (tertiary/aromatic N) is 3. The lowest BCUT2D eigenvalue weighted by atomic mass is 10.0. The Balaban J connectivity index is 1.65. The molecular formula is C20H20ClN5OS. The van der Waals surface area contributed by atoms with Crippen LogP contribution in [-0.4, -0.2) is 26.0 Å². The van der Waals surface area contributed by atoms with E-state index < -0.39 is 5.25 Å². The molecule has 0 saturated carbocycles. The summed E-state index contributed by atoms with van der Waals surface area (Å²) in [6, 6.07) is 16.9. The third kappa shape index (κ3) is 3.86. The monoisotopic (exact) mass is 413 g/mol. The first-order valence-electron chi connectivity index (χ1n) is 9.14. The average Bonchev–Trinajstić information content (AvgIpc) is 3.10. The van der Waals surface area contributed by atoms with Crippen molar-refractivity contribution in [1.29, 1.82) is 0 Å². The quantitative estimate of drug-likeness (QED) is 0.653.